The van der Waals surface area contributed by atoms with Crippen molar-refractivity contribution in [2.75, 3.05) is 7.05 Å². The van der Waals surface area contributed by atoms with E-state index < -0.39 is 0 Å². The van der Waals surface area contributed by atoms with Crippen LogP contribution in [-0.4, -0.2) is 23.0 Å². The van der Waals surface area contributed by atoms with Crippen molar-refractivity contribution in [3.63, 3.8) is 0 Å². The molecule has 0 radical (unpaired) electrons. The summed E-state index contributed by atoms with van der Waals surface area (Å²) < 4.78 is 0. The van der Waals surface area contributed by atoms with Gasteiger partial charge in [0.25, 0.3) is 0 Å². The highest BCUT2D eigenvalue weighted by atomic mass is 15.1. The highest BCUT2D eigenvalue weighted by Crippen LogP contribution is 2.12. The van der Waals surface area contributed by atoms with Crippen LogP contribution in [0.15, 0.2) is 18.2 Å². The lowest BCUT2D eigenvalue weighted by molar-refractivity contribution is 0.262. The molecule has 0 saturated heterocycles. The average Bonchev–Trinajstić information content (AvgIpc) is 2.18. The van der Waals surface area contributed by atoms with Crippen LogP contribution in [0.5, 0.6) is 0 Å². The van der Waals surface area contributed by atoms with Gasteiger partial charge in [0.05, 0.1) is 5.69 Å². The molecule has 0 aliphatic rings. The van der Waals surface area contributed by atoms with Crippen molar-refractivity contribution in [1.82, 2.24) is 9.88 Å². The summed E-state index contributed by atoms with van der Waals surface area (Å²) in [5.74, 6) is 0.509. The smallest absolute Gasteiger partial charge is 0.0547 e. The fraction of sp³-hybridized carbons (Fsp3) is 0.615. The van der Waals surface area contributed by atoms with Gasteiger partial charge in [-0.1, -0.05) is 19.9 Å². The Kier molecular flexibility index (Phi) is 4.28. The highest BCUT2D eigenvalue weighted by Gasteiger charge is 2.06. The maximum Gasteiger partial charge on any atom is 0.0547 e. The predicted molar refractivity (Wildman–Crippen MR) is 64.9 cm³/mol. The van der Waals surface area contributed by atoms with E-state index in [1.807, 2.05) is 0 Å². The molecule has 2 heteroatoms. The van der Waals surface area contributed by atoms with Crippen LogP contribution in [-0.2, 0) is 6.54 Å². The van der Waals surface area contributed by atoms with Gasteiger partial charge in [0, 0.05) is 18.3 Å². The zero-order valence-corrected chi connectivity index (χ0v) is 10.5. The molecule has 0 fully saturated rings. The highest BCUT2D eigenvalue weighted by molar-refractivity contribution is 5.13. The van der Waals surface area contributed by atoms with Crippen molar-refractivity contribution < 1.29 is 0 Å². The van der Waals surface area contributed by atoms with Gasteiger partial charge in [0.15, 0.2) is 0 Å². The van der Waals surface area contributed by atoms with E-state index in [0.717, 1.165) is 12.2 Å². The second-order valence-corrected chi connectivity index (χ2v) is 4.72. The molecule has 0 amide bonds. The fourth-order valence-electron chi connectivity index (χ4n) is 1.35. The van der Waals surface area contributed by atoms with Crippen molar-refractivity contribution in [3.8, 4) is 0 Å². The van der Waals surface area contributed by atoms with E-state index in [9.17, 15) is 0 Å². The molecular formula is C13H22N2. The molecule has 0 spiro atoms. The Labute approximate surface area is 93.3 Å². The van der Waals surface area contributed by atoms with E-state index >= 15 is 0 Å². The molecule has 84 valence electrons. The van der Waals surface area contributed by atoms with Crippen LogP contribution in [0.25, 0.3) is 0 Å². The predicted octanol–water partition coefficient (Wildman–Crippen LogP) is 3.05. The molecule has 0 saturated carbocycles. The molecule has 0 bridgehead atoms. The van der Waals surface area contributed by atoms with E-state index in [2.05, 4.69) is 62.8 Å². The van der Waals surface area contributed by atoms with E-state index in [0.29, 0.717) is 12.0 Å². The fourth-order valence-corrected chi connectivity index (χ4v) is 1.35. The van der Waals surface area contributed by atoms with Gasteiger partial charge in [-0.25, -0.2) is 0 Å². The normalized spacial score (nSPS) is 11.7. The molecule has 0 N–H and O–H groups in total. The molecule has 2 nitrogen and oxygen atoms in total. The van der Waals surface area contributed by atoms with Crippen LogP contribution >= 0.6 is 0 Å². The van der Waals surface area contributed by atoms with Crippen LogP contribution in [0.1, 0.15) is 45.0 Å². The number of hydrogen-bond acceptors (Lipinski definition) is 2. The van der Waals surface area contributed by atoms with Gasteiger partial charge in [0.2, 0.25) is 0 Å². The quantitative estimate of drug-likeness (QED) is 0.752. The number of aromatic nitrogens is 1. The first kappa shape index (κ1) is 12.2. The maximum atomic E-state index is 4.65. The van der Waals surface area contributed by atoms with E-state index in [-0.39, 0.29) is 0 Å². The second kappa shape index (κ2) is 5.26. The van der Waals surface area contributed by atoms with Gasteiger partial charge in [-0.3, -0.25) is 9.88 Å². The Bertz CT molecular complexity index is 305. The third kappa shape index (κ3) is 3.63. The minimum atomic E-state index is 0.509. The standard InChI is InChI=1S/C13H22N2/c1-10(2)13-8-6-7-12(14-13)9-15(5)11(3)4/h6-8,10-11H,9H2,1-5H3. The summed E-state index contributed by atoms with van der Waals surface area (Å²) in [5.41, 5.74) is 2.35. The minimum absolute atomic E-state index is 0.509. The van der Waals surface area contributed by atoms with Crippen LogP contribution in [0.4, 0.5) is 0 Å². The van der Waals surface area contributed by atoms with Gasteiger partial charge in [-0.05, 0) is 38.9 Å². The summed E-state index contributed by atoms with van der Waals surface area (Å²) in [6, 6.07) is 6.87. The van der Waals surface area contributed by atoms with E-state index in [1.54, 1.807) is 0 Å². The lowest BCUT2D eigenvalue weighted by Gasteiger charge is -2.20. The Morgan fingerprint density at radius 3 is 2.40 bits per heavy atom. The summed E-state index contributed by atoms with van der Waals surface area (Å²) in [4.78, 5) is 6.95. The lowest BCUT2D eigenvalue weighted by Crippen LogP contribution is -2.26. The van der Waals surface area contributed by atoms with Crippen molar-refractivity contribution in [3.05, 3.63) is 29.6 Å². The second-order valence-electron chi connectivity index (χ2n) is 4.72. The van der Waals surface area contributed by atoms with Crippen molar-refractivity contribution in [1.29, 1.82) is 0 Å². The van der Waals surface area contributed by atoms with Crippen LogP contribution < -0.4 is 0 Å². The summed E-state index contributed by atoms with van der Waals surface area (Å²) in [7, 11) is 2.13. The summed E-state index contributed by atoms with van der Waals surface area (Å²) in [6.45, 7) is 9.69. The van der Waals surface area contributed by atoms with Gasteiger partial charge in [0.1, 0.15) is 0 Å². The lowest BCUT2D eigenvalue weighted by atomic mass is 10.1. The van der Waals surface area contributed by atoms with E-state index in [4.69, 9.17) is 0 Å². The van der Waals surface area contributed by atoms with Gasteiger partial charge in [-0.15, -0.1) is 0 Å². The molecule has 15 heavy (non-hydrogen) atoms. The Balaban J connectivity index is 2.73. The zero-order valence-electron chi connectivity index (χ0n) is 10.5. The Morgan fingerprint density at radius 2 is 1.87 bits per heavy atom. The van der Waals surface area contributed by atoms with E-state index in [1.165, 1.54) is 5.69 Å². The van der Waals surface area contributed by atoms with Gasteiger partial charge < -0.3 is 0 Å². The largest absolute Gasteiger partial charge is 0.298 e. The summed E-state index contributed by atoms with van der Waals surface area (Å²) >= 11 is 0. The first-order chi connectivity index (χ1) is 7.00. The summed E-state index contributed by atoms with van der Waals surface area (Å²) in [6.07, 6.45) is 0. The summed E-state index contributed by atoms with van der Waals surface area (Å²) in [5, 5.41) is 0. The minimum Gasteiger partial charge on any atom is -0.298 e. The first-order valence-electron chi connectivity index (χ1n) is 5.66. The first-order valence-corrected chi connectivity index (χ1v) is 5.66. The SMILES string of the molecule is CC(C)c1cccc(CN(C)C(C)C)n1. The molecule has 1 aromatic heterocycles. The number of nitrogens with zero attached hydrogens (tertiary/aromatic N) is 2. The molecule has 0 aliphatic heterocycles. The van der Waals surface area contributed by atoms with Crippen LogP contribution in [0.3, 0.4) is 0 Å². The van der Waals surface area contributed by atoms with Crippen molar-refractivity contribution >= 4 is 0 Å². The molecule has 0 aliphatic carbocycles. The molecular weight excluding hydrogens is 184 g/mol. The third-order valence-corrected chi connectivity index (χ3v) is 2.71. The number of pyridine rings is 1. The third-order valence-electron chi connectivity index (χ3n) is 2.71. The topological polar surface area (TPSA) is 16.1 Å². The molecule has 1 heterocycles. The molecule has 1 aromatic rings. The molecule has 0 unspecified atom stereocenters. The maximum absolute atomic E-state index is 4.65. The molecule has 0 atom stereocenters. The van der Waals surface area contributed by atoms with Crippen molar-refractivity contribution in [2.45, 2.75) is 46.2 Å². The monoisotopic (exact) mass is 206 g/mol. The zero-order chi connectivity index (χ0) is 11.4. The molecule has 1 rings (SSSR count). The van der Waals surface area contributed by atoms with Crippen molar-refractivity contribution in [2.24, 2.45) is 0 Å². The Hall–Kier alpha value is -0.890. The van der Waals surface area contributed by atoms with Crippen LogP contribution in [0.2, 0.25) is 0 Å². The average molecular weight is 206 g/mol. The number of rotatable bonds is 4. The molecule has 0 aromatic carbocycles. The van der Waals surface area contributed by atoms with Gasteiger partial charge >= 0.3 is 0 Å². The van der Waals surface area contributed by atoms with Crippen LogP contribution in [0, 0.1) is 0 Å². The Morgan fingerprint density at radius 1 is 1.20 bits per heavy atom. The number of hydrogen-bond donors (Lipinski definition) is 0. The van der Waals surface area contributed by atoms with Gasteiger partial charge in [-0.2, -0.15) is 0 Å².